The SMILES string of the molecule is CCOC(=O)c1cc2c(nc1NCc1ccco1)CCCC2. The number of aryl methyl sites for hydroxylation is 2. The highest BCUT2D eigenvalue weighted by molar-refractivity contribution is 5.95. The topological polar surface area (TPSA) is 64.4 Å². The normalized spacial score (nSPS) is 13.5. The van der Waals surface area contributed by atoms with Gasteiger partial charge in [-0.15, -0.1) is 0 Å². The van der Waals surface area contributed by atoms with Crippen molar-refractivity contribution in [3.8, 4) is 0 Å². The molecule has 3 rings (SSSR count). The fourth-order valence-corrected chi connectivity index (χ4v) is 2.72. The first-order valence-corrected chi connectivity index (χ1v) is 7.74. The first kappa shape index (κ1) is 14.6. The number of aromatic nitrogens is 1. The van der Waals surface area contributed by atoms with Crippen LogP contribution >= 0.6 is 0 Å². The number of ether oxygens (including phenoxy) is 1. The van der Waals surface area contributed by atoms with Crippen LogP contribution < -0.4 is 5.32 Å². The van der Waals surface area contributed by atoms with Gasteiger partial charge < -0.3 is 14.5 Å². The van der Waals surface area contributed by atoms with E-state index in [2.05, 4.69) is 10.3 Å². The van der Waals surface area contributed by atoms with Gasteiger partial charge in [-0.1, -0.05) is 0 Å². The van der Waals surface area contributed by atoms with Crippen LogP contribution in [0, 0.1) is 0 Å². The zero-order chi connectivity index (χ0) is 15.4. The number of anilines is 1. The quantitative estimate of drug-likeness (QED) is 0.858. The first-order valence-electron chi connectivity index (χ1n) is 7.74. The van der Waals surface area contributed by atoms with Gasteiger partial charge in [-0.25, -0.2) is 9.78 Å². The zero-order valence-electron chi connectivity index (χ0n) is 12.7. The summed E-state index contributed by atoms with van der Waals surface area (Å²) in [7, 11) is 0. The molecule has 0 saturated carbocycles. The summed E-state index contributed by atoms with van der Waals surface area (Å²) in [5.74, 6) is 1.05. The lowest BCUT2D eigenvalue weighted by atomic mass is 9.94. The molecule has 5 heteroatoms. The van der Waals surface area contributed by atoms with Crippen LogP contribution in [0.15, 0.2) is 28.9 Å². The molecule has 1 aliphatic rings. The van der Waals surface area contributed by atoms with Gasteiger partial charge >= 0.3 is 5.97 Å². The minimum absolute atomic E-state index is 0.328. The number of nitrogens with one attached hydrogen (secondary N) is 1. The minimum atomic E-state index is -0.328. The second-order valence-corrected chi connectivity index (χ2v) is 5.35. The van der Waals surface area contributed by atoms with Crippen LogP contribution in [0.25, 0.3) is 0 Å². The van der Waals surface area contributed by atoms with E-state index in [1.54, 1.807) is 13.2 Å². The number of nitrogens with zero attached hydrogens (tertiary/aromatic N) is 1. The van der Waals surface area contributed by atoms with Crippen molar-refractivity contribution in [3.05, 3.63) is 47.0 Å². The molecule has 2 aromatic heterocycles. The van der Waals surface area contributed by atoms with Crippen molar-refractivity contribution in [2.75, 3.05) is 11.9 Å². The number of esters is 1. The molecule has 2 aromatic rings. The molecule has 0 aromatic carbocycles. The van der Waals surface area contributed by atoms with Crippen molar-refractivity contribution in [1.29, 1.82) is 0 Å². The van der Waals surface area contributed by atoms with E-state index in [9.17, 15) is 4.79 Å². The third-order valence-corrected chi connectivity index (χ3v) is 3.81. The number of fused-ring (bicyclic) bond motifs is 1. The average Bonchev–Trinajstić information content (AvgIpc) is 3.05. The zero-order valence-corrected chi connectivity index (χ0v) is 12.7. The molecule has 116 valence electrons. The van der Waals surface area contributed by atoms with Crippen molar-refractivity contribution in [2.45, 2.75) is 39.2 Å². The van der Waals surface area contributed by atoms with E-state index in [1.165, 1.54) is 0 Å². The number of carbonyl (C=O) groups is 1. The monoisotopic (exact) mass is 300 g/mol. The van der Waals surface area contributed by atoms with Gasteiger partial charge in [0, 0.05) is 5.69 Å². The fraction of sp³-hybridized carbons (Fsp3) is 0.412. The summed E-state index contributed by atoms with van der Waals surface area (Å²) < 4.78 is 10.5. The van der Waals surface area contributed by atoms with Gasteiger partial charge in [-0.2, -0.15) is 0 Å². The highest BCUT2D eigenvalue weighted by Gasteiger charge is 2.20. The molecule has 0 atom stereocenters. The molecule has 0 amide bonds. The molecule has 0 saturated heterocycles. The predicted molar refractivity (Wildman–Crippen MR) is 82.9 cm³/mol. The second-order valence-electron chi connectivity index (χ2n) is 5.35. The van der Waals surface area contributed by atoms with E-state index in [4.69, 9.17) is 9.15 Å². The predicted octanol–water partition coefficient (Wildman–Crippen LogP) is 3.34. The Labute approximate surface area is 129 Å². The lowest BCUT2D eigenvalue weighted by molar-refractivity contribution is 0.0527. The number of hydrogen-bond acceptors (Lipinski definition) is 5. The third kappa shape index (κ3) is 3.13. The van der Waals surface area contributed by atoms with E-state index in [0.717, 1.165) is 42.7 Å². The van der Waals surface area contributed by atoms with Crippen molar-refractivity contribution in [1.82, 2.24) is 4.98 Å². The van der Waals surface area contributed by atoms with Crippen LogP contribution in [-0.2, 0) is 24.1 Å². The third-order valence-electron chi connectivity index (χ3n) is 3.81. The highest BCUT2D eigenvalue weighted by Crippen LogP contribution is 2.25. The van der Waals surface area contributed by atoms with Crippen LogP contribution in [0.1, 0.15) is 47.1 Å². The summed E-state index contributed by atoms with van der Waals surface area (Å²) >= 11 is 0. The molecular weight excluding hydrogens is 280 g/mol. The summed E-state index contributed by atoms with van der Waals surface area (Å²) in [6.45, 7) is 2.65. The fourth-order valence-electron chi connectivity index (χ4n) is 2.72. The Morgan fingerprint density at radius 3 is 3.05 bits per heavy atom. The molecule has 0 unspecified atom stereocenters. The van der Waals surface area contributed by atoms with Crippen LogP contribution in [0.3, 0.4) is 0 Å². The summed E-state index contributed by atoms with van der Waals surface area (Å²) in [5.41, 5.74) is 2.76. The summed E-state index contributed by atoms with van der Waals surface area (Å²) in [6.07, 6.45) is 5.87. The van der Waals surface area contributed by atoms with Crippen LogP contribution in [-0.4, -0.2) is 17.6 Å². The van der Waals surface area contributed by atoms with E-state index < -0.39 is 0 Å². The van der Waals surface area contributed by atoms with Gasteiger partial charge in [0.1, 0.15) is 17.1 Å². The number of furan rings is 1. The van der Waals surface area contributed by atoms with Crippen molar-refractivity contribution >= 4 is 11.8 Å². The molecule has 0 aliphatic heterocycles. The lowest BCUT2D eigenvalue weighted by Crippen LogP contribution is -2.15. The largest absolute Gasteiger partial charge is 0.467 e. The van der Waals surface area contributed by atoms with E-state index in [-0.39, 0.29) is 5.97 Å². The average molecular weight is 300 g/mol. The Bertz CT molecular complexity index is 650. The molecule has 0 fully saturated rings. The Morgan fingerprint density at radius 1 is 1.41 bits per heavy atom. The van der Waals surface area contributed by atoms with Gasteiger partial charge in [0.2, 0.25) is 0 Å². The molecule has 0 radical (unpaired) electrons. The van der Waals surface area contributed by atoms with Gasteiger partial charge in [0.05, 0.1) is 19.4 Å². The molecular formula is C17H20N2O3. The maximum Gasteiger partial charge on any atom is 0.341 e. The standard InChI is InChI=1S/C17H20N2O3/c1-2-21-17(20)14-10-12-6-3-4-8-15(12)19-16(14)18-11-13-7-5-9-22-13/h5,7,9-10H,2-4,6,8,11H2,1H3,(H,18,19). The second kappa shape index (κ2) is 6.64. The molecule has 1 aliphatic carbocycles. The Hall–Kier alpha value is -2.30. The lowest BCUT2D eigenvalue weighted by Gasteiger charge is -2.18. The van der Waals surface area contributed by atoms with Gasteiger partial charge in [0.25, 0.3) is 0 Å². The summed E-state index contributed by atoms with van der Waals surface area (Å²) in [5, 5.41) is 3.20. The molecule has 2 heterocycles. The number of pyridine rings is 1. The number of carbonyl (C=O) groups excluding carboxylic acids is 1. The van der Waals surface area contributed by atoms with E-state index >= 15 is 0 Å². The highest BCUT2D eigenvalue weighted by atomic mass is 16.5. The van der Waals surface area contributed by atoms with Crippen LogP contribution in [0.5, 0.6) is 0 Å². The van der Waals surface area contributed by atoms with Gasteiger partial charge in [-0.3, -0.25) is 0 Å². The first-order chi connectivity index (χ1) is 10.8. The molecule has 0 spiro atoms. The Kier molecular flexibility index (Phi) is 4.42. The van der Waals surface area contributed by atoms with E-state index in [0.29, 0.717) is 24.5 Å². The maximum atomic E-state index is 12.2. The molecule has 1 N–H and O–H groups in total. The van der Waals surface area contributed by atoms with E-state index in [1.807, 2.05) is 18.2 Å². The van der Waals surface area contributed by atoms with Crippen LogP contribution in [0.4, 0.5) is 5.82 Å². The summed E-state index contributed by atoms with van der Waals surface area (Å²) in [6, 6.07) is 5.66. The van der Waals surface area contributed by atoms with Gasteiger partial charge in [-0.05, 0) is 56.4 Å². The maximum absolute atomic E-state index is 12.2. The van der Waals surface area contributed by atoms with Crippen LogP contribution in [0.2, 0.25) is 0 Å². The number of hydrogen-bond donors (Lipinski definition) is 1. The molecule has 5 nitrogen and oxygen atoms in total. The van der Waals surface area contributed by atoms with Crippen molar-refractivity contribution in [2.24, 2.45) is 0 Å². The Morgan fingerprint density at radius 2 is 2.27 bits per heavy atom. The van der Waals surface area contributed by atoms with Crippen molar-refractivity contribution in [3.63, 3.8) is 0 Å². The molecule has 22 heavy (non-hydrogen) atoms. The van der Waals surface area contributed by atoms with Gasteiger partial charge in [0.15, 0.2) is 0 Å². The number of rotatable bonds is 5. The molecule has 0 bridgehead atoms. The smallest absolute Gasteiger partial charge is 0.341 e. The minimum Gasteiger partial charge on any atom is -0.467 e. The Balaban J connectivity index is 1.88. The van der Waals surface area contributed by atoms with Crippen molar-refractivity contribution < 1.29 is 13.9 Å². The summed E-state index contributed by atoms with van der Waals surface area (Å²) in [4.78, 5) is 16.8.